The Labute approximate surface area is 100 Å². The molecule has 1 aliphatic rings. The maximum absolute atomic E-state index is 11.5. The predicted molar refractivity (Wildman–Crippen MR) is 61.5 cm³/mol. The van der Waals surface area contributed by atoms with E-state index in [4.69, 9.17) is 4.74 Å². The molecule has 1 saturated heterocycles. The Morgan fingerprint density at radius 2 is 2.53 bits per heavy atom. The highest BCUT2D eigenvalue weighted by Gasteiger charge is 2.14. The van der Waals surface area contributed by atoms with Crippen LogP contribution >= 0.6 is 0 Å². The zero-order valence-corrected chi connectivity index (χ0v) is 9.82. The second-order valence-corrected chi connectivity index (χ2v) is 4.24. The van der Waals surface area contributed by atoms with Crippen LogP contribution < -0.4 is 5.32 Å². The van der Waals surface area contributed by atoms with Crippen LogP contribution in [0.1, 0.15) is 42.6 Å². The van der Waals surface area contributed by atoms with Crippen LogP contribution in [0.5, 0.6) is 0 Å². The molecule has 0 aromatic carbocycles. The van der Waals surface area contributed by atoms with Crippen molar-refractivity contribution in [1.29, 1.82) is 0 Å². The molecule has 1 aromatic rings. The van der Waals surface area contributed by atoms with Crippen molar-refractivity contribution in [3.05, 3.63) is 11.9 Å². The molecule has 1 fully saturated rings. The van der Waals surface area contributed by atoms with Gasteiger partial charge in [-0.2, -0.15) is 15.4 Å². The molecule has 2 rings (SSSR count). The van der Waals surface area contributed by atoms with Crippen LogP contribution in [-0.4, -0.2) is 40.6 Å². The van der Waals surface area contributed by atoms with Crippen molar-refractivity contribution in [2.24, 2.45) is 0 Å². The number of ether oxygens (including phenoxy) is 1. The minimum atomic E-state index is -0.170. The first kappa shape index (κ1) is 12.0. The fraction of sp³-hybridized carbons (Fsp3) is 0.727. The van der Waals surface area contributed by atoms with Gasteiger partial charge in [-0.15, -0.1) is 0 Å². The number of hydrogen-bond donors (Lipinski definition) is 2. The molecule has 0 bridgehead atoms. The normalized spacial score (nSPS) is 19.4. The maximum Gasteiger partial charge on any atom is 0.273 e. The molecule has 2 N–H and O–H groups in total. The summed E-state index contributed by atoms with van der Waals surface area (Å²) in [6.07, 6.45) is 7.40. The molecule has 6 heteroatoms. The Bertz CT molecular complexity index is 333. The zero-order valence-electron chi connectivity index (χ0n) is 9.82. The quantitative estimate of drug-likeness (QED) is 0.721. The average Bonchev–Trinajstić information content (AvgIpc) is 3.01. The molecule has 94 valence electrons. The van der Waals surface area contributed by atoms with Crippen LogP contribution in [0.25, 0.3) is 0 Å². The van der Waals surface area contributed by atoms with Gasteiger partial charge in [-0.05, 0) is 32.1 Å². The van der Waals surface area contributed by atoms with Crippen LogP contribution in [0, 0.1) is 0 Å². The number of H-pyrrole nitrogens is 1. The molecule has 0 radical (unpaired) electrons. The molecule has 6 nitrogen and oxygen atoms in total. The Morgan fingerprint density at radius 1 is 1.59 bits per heavy atom. The van der Waals surface area contributed by atoms with Gasteiger partial charge in [0.05, 0.1) is 12.3 Å². The number of carbonyl (C=O) groups is 1. The fourth-order valence-electron chi connectivity index (χ4n) is 1.97. The van der Waals surface area contributed by atoms with Gasteiger partial charge in [0.2, 0.25) is 0 Å². The number of carbonyl (C=O) groups excluding carboxylic acids is 1. The number of nitrogens with one attached hydrogen (secondary N) is 2. The third-order valence-corrected chi connectivity index (χ3v) is 2.91. The van der Waals surface area contributed by atoms with E-state index in [2.05, 4.69) is 20.7 Å². The van der Waals surface area contributed by atoms with Gasteiger partial charge in [0.25, 0.3) is 5.91 Å². The van der Waals surface area contributed by atoms with Crippen molar-refractivity contribution in [2.75, 3.05) is 13.2 Å². The van der Waals surface area contributed by atoms with E-state index in [0.717, 1.165) is 25.9 Å². The third-order valence-electron chi connectivity index (χ3n) is 2.91. The summed E-state index contributed by atoms with van der Waals surface area (Å²) >= 11 is 0. The van der Waals surface area contributed by atoms with E-state index < -0.39 is 0 Å². The molecular weight excluding hydrogens is 220 g/mol. The highest BCUT2D eigenvalue weighted by Crippen LogP contribution is 2.17. The van der Waals surface area contributed by atoms with Crippen LogP contribution in [0.3, 0.4) is 0 Å². The Hall–Kier alpha value is -1.43. The molecule has 0 spiro atoms. The third kappa shape index (κ3) is 3.81. The summed E-state index contributed by atoms with van der Waals surface area (Å²) in [6.45, 7) is 1.59. The molecule has 0 aliphatic carbocycles. The molecule has 0 saturated carbocycles. The van der Waals surface area contributed by atoms with Crippen LogP contribution in [0.2, 0.25) is 0 Å². The largest absolute Gasteiger partial charge is 0.378 e. The number of nitrogens with zero attached hydrogens (tertiary/aromatic N) is 2. The van der Waals surface area contributed by atoms with Crippen molar-refractivity contribution >= 4 is 5.91 Å². The molecule has 1 atom stereocenters. The number of aromatic amines is 1. The monoisotopic (exact) mass is 238 g/mol. The van der Waals surface area contributed by atoms with Crippen LogP contribution in [0.4, 0.5) is 0 Å². The number of unbranched alkanes of at least 4 members (excludes halogenated alkanes) is 1. The van der Waals surface area contributed by atoms with E-state index in [1.54, 1.807) is 0 Å². The number of rotatable bonds is 6. The number of amides is 1. The molecular formula is C11H18N4O2. The van der Waals surface area contributed by atoms with Gasteiger partial charge >= 0.3 is 0 Å². The van der Waals surface area contributed by atoms with Crippen molar-refractivity contribution in [3.8, 4) is 0 Å². The lowest BCUT2D eigenvalue weighted by Gasteiger charge is -2.08. The second kappa shape index (κ2) is 6.34. The first-order valence-corrected chi connectivity index (χ1v) is 6.12. The van der Waals surface area contributed by atoms with E-state index in [0.29, 0.717) is 18.3 Å². The van der Waals surface area contributed by atoms with E-state index in [-0.39, 0.29) is 5.91 Å². The lowest BCUT2D eigenvalue weighted by atomic mass is 10.1. The zero-order chi connectivity index (χ0) is 11.9. The van der Waals surface area contributed by atoms with Crippen molar-refractivity contribution < 1.29 is 9.53 Å². The van der Waals surface area contributed by atoms with E-state index >= 15 is 0 Å². The Balaban J connectivity index is 1.52. The molecule has 1 amide bonds. The summed E-state index contributed by atoms with van der Waals surface area (Å²) in [6, 6.07) is 0. The highest BCUT2D eigenvalue weighted by atomic mass is 16.5. The van der Waals surface area contributed by atoms with Gasteiger partial charge in [0.1, 0.15) is 0 Å². The smallest absolute Gasteiger partial charge is 0.273 e. The Kier molecular flexibility index (Phi) is 4.49. The van der Waals surface area contributed by atoms with Gasteiger partial charge in [0, 0.05) is 13.2 Å². The van der Waals surface area contributed by atoms with Crippen molar-refractivity contribution in [3.63, 3.8) is 0 Å². The van der Waals surface area contributed by atoms with Crippen molar-refractivity contribution in [1.82, 2.24) is 20.7 Å². The average molecular weight is 238 g/mol. The van der Waals surface area contributed by atoms with Gasteiger partial charge in [0.15, 0.2) is 5.69 Å². The topological polar surface area (TPSA) is 79.9 Å². The molecule has 2 heterocycles. The SMILES string of the molecule is O=C(NCCCCC1CCCO1)c1cn[nH]n1. The molecule has 17 heavy (non-hydrogen) atoms. The number of aromatic nitrogens is 3. The first-order chi connectivity index (χ1) is 8.36. The molecule has 1 unspecified atom stereocenters. The predicted octanol–water partition coefficient (Wildman–Crippen LogP) is 0.884. The lowest BCUT2D eigenvalue weighted by molar-refractivity contribution is 0.0942. The van der Waals surface area contributed by atoms with E-state index in [9.17, 15) is 4.79 Å². The summed E-state index contributed by atoms with van der Waals surface area (Å²) in [5.41, 5.74) is 0.337. The highest BCUT2D eigenvalue weighted by molar-refractivity contribution is 5.91. The summed E-state index contributed by atoms with van der Waals surface area (Å²) in [7, 11) is 0. The second-order valence-electron chi connectivity index (χ2n) is 4.24. The van der Waals surface area contributed by atoms with Crippen LogP contribution in [0.15, 0.2) is 6.20 Å². The summed E-state index contributed by atoms with van der Waals surface area (Å²) in [5, 5.41) is 12.5. The minimum Gasteiger partial charge on any atom is -0.378 e. The van der Waals surface area contributed by atoms with Crippen molar-refractivity contribution in [2.45, 2.75) is 38.2 Å². The van der Waals surface area contributed by atoms with Gasteiger partial charge in [-0.3, -0.25) is 4.79 Å². The van der Waals surface area contributed by atoms with Gasteiger partial charge in [-0.25, -0.2) is 0 Å². The van der Waals surface area contributed by atoms with Gasteiger partial charge in [-0.1, -0.05) is 0 Å². The Morgan fingerprint density at radius 3 is 3.24 bits per heavy atom. The lowest BCUT2D eigenvalue weighted by Crippen LogP contribution is -2.25. The standard InChI is InChI=1S/C11H18N4O2/c16-11(10-8-13-15-14-10)12-6-2-1-4-9-5-3-7-17-9/h8-9H,1-7H2,(H,12,16)(H,13,14,15). The van der Waals surface area contributed by atoms with E-state index in [1.165, 1.54) is 19.0 Å². The first-order valence-electron chi connectivity index (χ1n) is 6.12. The summed E-state index contributed by atoms with van der Waals surface area (Å²) < 4.78 is 5.53. The summed E-state index contributed by atoms with van der Waals surface area (Å²) in [4.78, 5) is 11.5. The maximum atomic E-state index is 11.5. The van der Waals surface area contributed by atoms with Gasteiger partial charge < -0.3 is 10.1 Å². The van der Waals surface area contributed by atoms with E-state index in [1.807, 2.05) is 0 Å². The number of hydrogen-bond acceptors (Lipinski definition) is 4. The van der Waals surface area contributed by atoms with Crippen LogP contribution in [-0.2, 0) is 4.74 Å². The molecule has 1 aliphatic heterocycles. The molecule has 1 aromatic heterocycles. The fourth-order valence-corrected chi connectivity index (χ4v) is 1.97. The summed E-state index contributed by atoms with van der Waals surface area (Å²) in [5.74, 6) is -0.170. The minimum absolute atomic E-state index is 0.170.